The Morgan fingerprint density at radius 1 is 0.914 bits per heavy atom. The molecule has 1 atom stereocenters. The lowest BCUT2D eigenvalue weighted by Crippen LogP contribution is -2.14. The van der Waals surface area contributed by atoms with Crippen LogP contribution in [0.5, 0.6) is 0 Å². The van der Waals surface area contributed by atoms with Gasteiger partial charge in [-0.15, -0.1) is 0 Å². The molecule has 0 spiro atoms. The van der Waals surface area contributed by atoms with Gasteiger partial charge in [-0.3, -0.25) is 4.79 Å². The van der Waals surface area contributed by atoms with Crippen molar-refractivity contribution >= 4 is 17.3 Å². The zero-order valence-corrected chi connectivity index (χ0v) is 19.3. The molecule has 0 radical (unpaired) electrons. The van der Waals surface area contributed by atoms with Crippen molar-refractivity contribution in [3.8, 4) is 11.1 Å². The lowest BCUT2D eigenvalue weighted by molar-refractivity contribution is -0.139. The average molecular weight is 492 g/mol. The molecule has 0 fully saturated rings. The smallest absolute Gasteiger partial charge is 0.416 e. The second kappa shape index (κ2) is 10.9. The van der Waals surface area contributed by atoms with Gasteiger partial charge in [-0.1, -0.05) is 44.2 Å². The van der Waals surface area contributed by atoms with Crippen LogP contribution in [0, 0.1) is 5.92 Å². The molecule has 0 saturated carbocycles. The van der Waals surface area contributed by atoms with E-state index < -0.39 is 37.0 Å². The van der Waals surface area contributed by atoms with Crippen molar-refractivity contribution in [1.82, 2.24) is 0 Å². The summed E-state index contributed by atoms with van der Waals surface area (Å²) in [4.78, 5) is 12.1. The fourth-order valence-corrected chi connectivity index (χ4v) is 3.89. The van der Waals surface area contributed by atoms with Crippen LogP contribution in [-0.4, -0.2) is 11.1 Å². The molecule has 35 heavy (non-hydrogen) atoms. The first-order chi connectivity index (χ1) is 16.5. The molecule has 0 unspecified atom stereocenters. The van der Waals surface area contributed by atoms with Crippen molar-refractivity contribution in [1.29, 1.82) is 0 Å². The van der Waals surface area contributed by atoms with Gasteiger partial charge in [0.2, 0.25) is 0 Å². The molecule has 0 aliphatic rings. The van der Waals surface area contributed by atoms with Crippen LogP contribution < -0.4 is 5.32 Å². The summed E-state index contributed by atoms with van der Waals surface area (Å²) in [5.74, 6) is -1.82. The van der Waals surface area contributed by atoms with Crippen molar-refractivity contribution in [2.45, 2.75) is 45.7 Å². The Bertz CT molecular complexity index is 1170. The highest BCUT2D eigenvalue weighted by molar-refractivity contribution is 5.80. The summed E-state index contributed by atoms with van der Waals surface area (Å²) in [6, 6.07) is 13.9. The number of hydrogen-bond donors (Lipinski definition) is 2. The summed E-state index contributed by atoms with van der Waals surface area (Å²) in [5.41, 5.74) is 1.99. The number of hydrogen-bond acceptors (Lipinski definition) is 2. The van der Waals surface area contributed by atoms with Crippen LogP contribution in [-0.2, 0) is 24.3 Å². The lowest BCUT2D eigenvalue weighted by Gasteiger charge is -2.19. The van der Waals surface area contributed by atoms with E-state index in [4.69, 9.17) is 0 Å². The van der Waals surface area contributed by atoms with Crippen LogP contribution in [0.4, 0.5) is 33.3 Å². The first-order valence-electron chi connectivity index (χ1n) is 11.1. The zero-order valence-electron chi connectivity index (χ0n) is 19.3. The zero-order chi connectivity index (χ0) is 25.8. The van der Waals surface area contributed by atoms with Crippen molar-refractivity contribution in [3.05, 3.63) is 82.9 Å². The molecule has 3 aromatic carbocycles. The van der Waals surface area contributed by atoms with Gasteiger partial charge >= 0.3 is 12.1 Å². The second-order valence-corrected chi connectivity index (χ2v) is 8.82. The van der Waals surface area contributed by atoms with E-state index in [1.165, 1.54) is 30.3 Å². The molecule has 186 valence electrons. The van der Waals surface area contributed by atoms with E-state index in [2.05, 4.69) is 5.32 Å². The standard InChI is InChI=1S/C27H26F5NO2/c1-16(2)9-24(26(34)35)21-11-20(18-5-7-22(8-6-18)27(30,31)32)12-23(13-21)33-25-10-17(14-28)3-4-19(25)15-29/h3-8,10-13,16,24,33H,9,14-15H2,1-2H3,(H,34,35)/t24-/m1/s1. The number of nitrogens with one attached hydrogen (secondary N) is 1. The Labute approximate surface area is 200 Å². The molecule has 0 aliphatic heterocycles. The number of aliphatic carboxylic acids is 1. The summed E-state index contributed by atoms with van der Waals surface area (Å²) in [7, 11) is 0. The molecule has 8 heteroatoms. The van der Waals surface area contributed by atoms with Crippen LogP contribution in [0.3, 0.4) is 0 Å². The Kier molecular flexibility index (Phi) is 8.14. The minimum atomic E-state index is -4.48. The maximum Gasteiger partial charge on any atom is 0.416 e. The van der Waals surface area contributed by atoms with Crippen LogP contribution in [0.1, 0.15) is 48.4 Å². The Balaban J connectivity index is 2.12. The number of alkyl halides is 5. The van der Waals surface area contributed by atoms with Gasteiger partial charge in [0.15, 0.2) is 0 Å². The Morgan fingerprint density at radius 3 is 2.14 bits per heavy atom. The minimum absolute atomic E-state index is 0.0709. The van der Waals surface area contributed by atoms with Crippen molar-refractivity contribution in [3.63, 3.8) is 0 Å². The number of benzene rings is 3. The van der Waals surface area contributed by atoms with Gasteiger partial charge in [0.25, 0.3) is 0 Å². The Morgan fingerprint density at radius 2 is 1.60 bits per heavy atom. The lowest BCUT2D eigenvalue weighted by atomic mass is 9.88. The third-order valence-corrected chi connectivity index (χ3v) is 5.66. The van der Waals surface area contributed by atoms with Crippen molar-refractivity contribution in [2.75, 3.05) is 5.32 Å². The van der Waals surface area contributed by atoms with E-state index in [1.54, 1.807) is 18.2 Å². The third-order valence-electron chi connectivity index (χ3n) is 5.66. The molecule has 2 N–H and O–H groups in total. The van der Waals surface area contributed by atoms with Crippen molar-refractivity contribution < 1.29 is 31.9 Å². The van der Waals surface area contributed by atoms with Gasteiger partial charge in [-0.05, 0) is 64.9 Å². The summed E-state index contributed by atoms with van der Waals surface area (Å²) >= 11 is 0. The molecule has 3 rings (SSSR count). The predicted molar refractivity (Wildman–Crippen MR) is 126 cm³/mol. The molecular weight excluding hydrogens is 465 g/mol. The predicted octanol–water partition coefficient (Wildman–Crippen LogP) is 8.27. The van der Waals surface area contributed by atoms with Gasteiger partial charge in [0.05, 0.1) is 11.5 Å². The van der Waals surface area contributed by atoms with Gasteiger partial charge in [-0.25, -0.2) is 8.78 Å². The largest absolute Gasteiger partial charge is 0.481 e. The van der Waals surface area contributed by atoms with Gasteiger partial charge in [0, 0.05) is 16.9 Å². The quantitative estimate of drug-likeness (QED) is 0.296. The number of carboxylic acid groups (broad SMARTS) is 1. The molecule has 3 aromatic rings. The number of halogens is 5. The van der Waals surface area contributed by atoms with E-state index >= 15 is 0 Å². The number of anilines is 2. The third kappa shape index (κ3) is 6.59. The summed E-state index contributed by atoms with van der Waals surface area (Å²) in [5, 5.41) is 12.9. The van der Waals surface area contributed by atoms with Crippen LogP contribution in [0.25, 0.3) is 11.1 Å². The highest BCUT2D eigenvalue weighted by atomic mass is 19.4. The summed E-state index contributed by atoms with van der Waals surface area (Å²) in [6.45, 7) is 2.24. The molecule has 0 bridgehead atoms. The first-order valence-corrected chi connectivity index (χ1v) is 11.1. The molecule has 0 amide bonds. The van der Waals surface area contributed by atoms with Crippen LogP contribution in [0.2, 0.25) is 0 Å². The van der Waals surface area contributed by atoms with E-state index in [1.807, 2.05) is 13.8 Å². The molecular formula is C27H26F5NO2. The Hall–Kier alpha value is -3.42. The monoisotopic (exact) mass is 491 g/mol. The summed E-state index contributed by atoms with van der Waals surface area (Å²) in [6.07, 6.45) is -4.14. The maximum absolute atomic E-state index is 13.6. The van der Waals surface area contributed by atoms with E-state index in [0.717, 1.165) is 12.1 Å². The highest BCUT2D eigenvalue weighted by Gasteiger charge is 2.30. The van der Waals surface area contributed by atoms with Crippen LogP contribution in [0.15, 0.2) is 60.7 Å². The normalized spacial score (nSPS) is 12.6. The average Bonchev–Trinajstić information content (AvgIpc) is 2.81. The van der Waals surface area contributed by atoms with Gasteiger partial charge in [0.1, 0.15) is 13.3 Å². The summed E-state index contributed by atoms with van der Waals surface area (Å²) < 4.78 is 65.8. The molecule has 0 aromatic heterocycles. The fraction of sp³-hybridized carbons (Fsp3) is 0.296. The number of carboxylic acids is 1. The molecule has 3 nitrogen and oxygen atoms in total. The van der Waals surface area contributed by atoms with Crippen LogP contribution >= 0.6 is 0 Å². The second-order valence-electron chi connectivity index (χ2n) is 8.82. The highest BCUT2D eigenvalue weighted by Crippen LogP contribution is 2.35. The minimum Gasteiger partial charge on any atom is -0.481 e. The van der Waals surface area contributed by atoms with Gasteiger partial charge < -0.3 is 10.4 Å². The first kappa shape index (κ1) is 26.2. The molecule has 0 heterocycles. The van der Waals surface area contributed by atoms with E-state index in [-0.39, 0.29) is 5.92 Å². The molecule has 0 aliphatic carbocycles. The topological polar surface area (TPSA) is 49.3 Å². The maximum atomic E-state index is 13.6. The fourth-order valence-electron chi connectivity index (χ4n) is 3.89. The van der Waals surface area contributed by atoms with Gasteiger partial charge in [-0.2, -0.15) is 13.2 Å². The number of carbonyl (C=O) groups is 1. The van der Waals surface area contributed by atoms with Crippen molar-refractivity contribution in [2.24, 2.45) is 5.92 Å². The van der Waals surface area contributed by atoms with E-state index in [9.17, 15) is 31.9 Å². The number of rotatable bonds is 9. The molecule has 0 saturated heterocycles. The van der Waals surface area contributed by atoms with E-state index in [0.29, 0.717) is 45.6 Å². The SMILES string of the molecule is CC(C)C[C@@H](C(=O)O)c1cc(Nc2cc(CF)ccc2CF)cc(-c2ccc(C(F)(F)F)cc2)c1.